The van der Waals surface area contributed by atoms with Gasteiger partial charge in [-0.2, -0.15) is 0 Å². The lowest BCUT2D eigenvalue weighted by atomic mass is 10.0. The number of phosphoric ester groups is 2. The molecule has 602 valence electrons. The molecular weight excluding hydrogens is 1360 g/mol. The van der Waals surface area contributed by atoms with E-state index in [1.54, 1.807) is 0 Å². The molecule has 0 aliphatic rings. The van der Waals surface area contributed by atoms with Crippen molar-refractivity contribution in [2.75, 3.05) is 39.6 Å². The number of unbranched alkanes of at least 4 members (excludes halogenated alkanes) is 30. The molecule has 0 amide bonds. The van der Waals surface area contributed by atoms with Crippen LogP contribution in [0.4, 0.5) is 0 Å². The van der Waals surface area contributed by atoms with E-state index in [-0.39, 0.29) is 19.3 Å². The first-order valence-electron chi connectivity index (χ1n) is 41.1. The number of phosphoric acid groups is 2. The second-order valence-electron chi connectivity index (χ2n) is 27.2. The van der Waals surface area contributed by atoms with Crippen LogP contribution in [0.2, 0.25) is 0 Å². The van der Waals surface area contributed by atoms with Crippen LogP contribution < -0.4 is 0 Å². The maximum absolute atomic E-state index is 13.0. The van der Waals surface area contributed by atoms with E-state index in [2.05, 4.69) is 167 Å². The van der Waals surface area contributed by atoms with Gasteiger partial charge in [0.05, 0.1) is 26.4 Å². The standard InChI is InChI=1S/C87H148O16P2/c1-4-7-10-13-16-19-22-25-28-31-33-35-37-38-39-40-41-42-44-46-47-50-52-55-58-61-64-67-70-73-85(90)97-76-82(88)77-99-104(93,94)100-78-83(89)79-101-105(95,96)102-81-84(103-87(92)75-72-69-66-63-60-57-54-49-30-27-24-21-18-15-12-9-6-3)80-98-86(91)74-71-68-65-62-59-56-53-51-48-45-43-36-34-32-29-26-23-20-17-14-11-8-5-2/h9,12,16-21,25-30,33-36,38-39,45,48,54,57,82-84,88-89H,4-8,10-11,13-15,22-24,31-32,37,40-44,46-47,49-53,55-56,58-81H2,1-3H3,(H,93,94)(H,95,96)/b12-9-,19-16-,20-17-,21-18-,28-25-,29-26-,30-27-,35-33-,36-34-,39-38-,48-45-,57-54-. The third-order valence-electron chi connectivity index (χ3n) is 17.0. The number of hydrogen-bond acceptors (Lipinski definition) is 14. The molecule has 0 aromatic carbocycles. The van der Waals surface area contributed by atoms with Crippen molar-refractivity contribution in [3.05, 3.63) is 146 Å². The van der Waals surface area contributed by atoms with Crippen LogP contribution in [0.3, 0.4) is 0 Å². The molecule has 0 fully saturated rings. The molecule has 16 nitrogen and oxygen atoms in total. The van der Waals surface area contributed by atoms with E-state index in [0.717, 1.165) is 161 Å². The fraction of sp³-hybridized carbons (Fsp3) is 0.690. The van der Waals surface area contributed by atoms with Crippen molar-refractivity contribution in [3.8, 4) is 0 Å². The zero-order valence-corrected chi connectivity index (χ0v) is 67.6. The van der Waals surface area contributed by atoms with Crippen LogP contribution in [0, 0.1) is 0 Å². The van der Waals surface area contributed by atoms with Crippen molar-refractivity contribution in [2.24, 2.45) is 0 Å². The molecule has 0 aliphatic heterocycles. The number of aliphatic hydroxyl groups excluding tert-OH is 2. The predicted molar refractivity (Wildman–Crippen MR) is 436 cm³/mol. The molecule has 105 heavy (non-hydrogen) atoms. The molecular formula is C87H148O16P2. The number of ether oxygens (including phenoxy) is 3. The summed E-state index contributed by atoms with van der Waals surface area (Å²) < 4.78 is 61.2. The molecule has 0 aliphatic carbocycles. The molecule has 0 aromatic rings. The average Bonchev–Trinajstić information content (AvgIpc) is 0.917. The van der Waals surface area contributed by atoms with Crippen LogP contribution in [0.1, 0.15) is 329 Å². The lowest BCUT2D eigenvalue weighted by Gasteiger charge is -2.21. The highest BCUT2D eigenvalue weighted by molar-refractivity contribution is 7.47. The molecule has 0 radical (unpaired) electrons. The highest BCUT2D eigenvalue weighted by Gasteiger charge is 2.29. The van der Waals surface area contributed by atoms with Gasteiger partial charge in [-0.3, -0.25) is 32.5 Å². The summed E-state index contributed by atoms with van der Waals surface area (Å²) in [6, 6.07) is 0. The van der Waals surface area contributed by atoms with Crippen LogP contribution in [0.5, 0.6) is 0 Å². The summed E-state index contributed by atoms with van der Waals surface area (Å²) in [5.74, 6) is -1.62. The Labute approximate surface area is 638 Å². The van der Waals surface area contributed by atoms with Crippen LogP contribution in [-0.4, -0.2) is 95.9 Å². The third-order valence-corrected chi connectivity index (χ3v) is 18.9. The second kappa shape index (κ2) is 79.0. The fourth-order valence-corrected chi connectivity index (χ4v) is 12.4. The van der Waals surface area contributed by atoms with Crippen LogP contribution in [0.15, 0.2) is 146 Å². The number of rotatable bonds is 77. The molecule has 4 N–H and O–H groups in total. The highest BCUT2D eigenvalue weighted by Crippen LogP contribution is 2.45. The molecule has 0 saturated heterocycles. The Morgan fingerprint density at radius 2 is 0.505 bits per heavy atom. The lowest BCUT2D eigenvalue weighted by Crippen LogP contribution is -2.30. The summed E-state index contributed by atoms with van der Waals surface area (Å²) in [6.07, 6.45) is 97.5. The number of carbonyl (C=O) groups is 3. The van der Waals surface area contributed by atoms with Gasteiger partial charge < -0.3 is 34.2 Å². The molecule has 18 heteroatoms. The first kappa shape index (κ1) is 100. The SMILES string of the molecule is CC/C=C\C/C=C\C/C=C\C/C=C\CCCCCCC(=O)OC(COC(=O)CCCCCCCCC/C=C\C/C=C\C/C=C\C/C=C\CCCCC)COP(=O)(O)OCC(O)COP(=O)(O)OCC(O)COC(=O)CCCCCCCCCCCCCCC/C=C\C/C=C\C/C=C\C/C=C\CCCCC. The molecule has 0 rings (SSSR count). The predicted octanol–water partition coefficient (Wildman–Crippen LogP) is 24.4. The maximum atomic E-state index is 13.0. The number of carbonyl (C=O) groups excluding carboxylic acids is 3. The van der Waals surface area contributed by atoms with Crippen molar-refractivity contribution >= 4 is 33.6 Å². The first-order chi connectivity index (χ1) is 51.2. The van der Waals surface area contributed by atoms with Gasteiger partial charge in [0.15, 0.2) is 6.10 Å². The van der Waals surface area contributed by atoms with Gasteiger partial charge in [-0.15, -0.1) is 0 Å². The number of hydrogen-bond donors (Lipinski definition) is 4. The van der Waals surface area contributed by atoms with Gasteiger partial charge in [0.25, 0.3) is 0 Å². The van der Waals surface area contributed by atoms with Gasteiger partial charge in [0.1, 0.15) is 25.4 Å². The molecule has 0 aromatic heterocycles. The van der Waals surface area contributed by atoms with Crippen molar-refractivity contribution in [1.82, 2.24) is 0 Å². The molecule has 5 unspecified atom stereocenters. The monoisotopic (exact) mass is 1510 g/mol. The van der Waals surface area contributed by atoms with Crippen molar-refractivity contribution in [3.63, 3.8) is 0 Å². The van der Waals surface area contributed by atoms with Gasteiger partial charge in [0.2, 0.25) is 0 Å². The first-order valence-corrected chi connectivity index (χ1v) is 44.1. The van der Waals surface area contributed by atoms with E-state index in [1.807, 2.05) is 0 Å². The summed E-state index contributed by atoms with van der Waals surface area (Å²) >= 11 is 0. The van der Waals surface area contributed by atoms with E-state index < -0.39 is 91.5 Å². The fourth-order valence-electron chi connectivity index (χ4n) is 10.8. The lowest BCUT2D eigenvalue weighted by molar-refractivity contribution is -0.161. The van der Waals surface area contributed by atoms with Gasteiger partial charge in [0, 0.05) is 19.3 Å². The number of esters is 3. The van der Waals surface area contributed by atoms with Crippen molar-refractivity contribution < 1.29 is 75.8 Å². The Morgan fingerprint density at radius 1 is 0.276 bits per heavy atom. The zero-order valence-electron chi connectivity index (χ0n) is 65.9. The number of allylic oxidation sites excluding steroid dienone is 24. The minimum absolute atomic E-state index is 0.0699. The zero-order chi connectivity index (χ0) is 76.6. The van der Waals surface area contributed by atoms with Crippen LogP contribution in [0.25, 0.3) is 0 Å². The minimum atomic E-state index is -4.95. The number of aliphatic hydroxyl groups is 2. The Bertz CT molecular complexity index is 2490. The van der Waals surface area contributed by atoms with E-state index in [0.29, 0.717) is 19.3 Å². The minimum Gasteiger partial charge on any atom is -0.463 e. The Hall–Kier alpha value is -4.57. The van der Waals surface area contributed by atoms with Crippen LogP contribution in [-0.2, 0) is 55.8 Å². The maximum Gasteiger partial charge on any atom is 0.472 e. The Balaban J connectivity index is 4.59. The van der Waals surface area contributed by atoms with Gasteiger partial charge >= 0.3 is 33.6 Å². The van der Waals surface area contributed by atoms with E-state index in [4.69, 9.17) is 32.3 Å². The quantitative estimate of drug-likeness (QED) is 0.0146. The normalized spacial score (nSPS) is 14.7. The van der Waals surface area contributed by atoms with E-state index in [1.165, 1.54) is 109 Å². The third kappa shape index (κ3) is 80.3. The molecule has 0 spiro atoms. The summed E-state index contributed by atoms with van der Waals surface area (Å²) in [7, 11) is -9.81. The molecule has 0 heterocycles. The Morgan fingerprint density at radius 3 is 0.800 bits per heavy atom. The summed E-state index contributed by atoms with van der Waals surface area (Å²) in [4.78, 5) is 58.7. The smallest absolute Gasteiger partial charge is 0.463 e. The van der Waals surface area contributed by atoms with Gasteiger partial charge in [-0.05, 0) is 148 Å². The van der Waals surface area contributed by atoms with Gasteiger partial charge in [-0.25, -0.2) is 9.13 Å². The summed E-state index contributed by atoms with van der Waals surface area (Å²) in [6.45, 7) is 2.48. The molecule has 0 saturated carbocycles. The Kier molecular flexibility index (Phi) is 75.6. The molecule has 0 bridgehead atoms. The largest absolute Gasteiger partial charge is 0.472 e. The van der Waals surface area contributed by atoms with Gasteiger partial charge in [-0.1, -0.05) is 308 Å². The highest BCUT2D eigenvalue weighted by atomic mass is 31.2. The summed E-state index contributed by atoms with van der Waals surface area (Å²) in [5.41, 5.74) is 0. The second-order valence-corrected chi connectivity index (χ2v) is 30.1. The van der Waals surface area contributed by atoms with E-state index in [9.17, 15) is 43.5 Å². The average molecular weight is 1510 g/mol. The topological polar surface area (TPSA) is 231 Å². The van der Waals surface area contributed by atoms with Crippen molar-refractivity contribution in [2.45, 2.75) is 347 Å². The van der Waals surface area contributed by atoms with Crippen molar-refractivity contribution in [1.29, 1.82) is 0 Å². The summed E-state index contributed by atoms with van der Waals surface area (Å²) in [5, 5.41) is 20.7. The van der Waals surface area contributed by atoms with Crippen LogP contribution >= 0.6 is 15.6 Å². The van der Waals surface area contributed by atoms with E-state index >= 15 is 0 Å². The molecule has 5 atom stereocenters.